The second-order valence-corrected chi connectivity index (χ2v) is 5.36. The van der Waals surface area contributed by atoms with Gasteiger partial charge in [-0.15, -0.1) is 0 Å². The summed E-state index contributed by atoms with van der Waals surface area (Å²) in [5.74, 6) is 1.62. The molecule has 0 heterocycles. The predicted octanol–water partition coefficient (Wildman–Crippen LogP) is 3.64. The first-order chi connectivity index (χ1) is 8.76. The smallest absolute Gasteiger partial charge is 0.119 e. The third-order valence-electron chi connectivity index (χ3n) is 4.26. The van der Waals surface area contributed by atoms with E-state index in [1.807, 2.05) is 0 Å². The third kappa shape index (κ3) is 2.86. The molecule has 1 aliphatic rings. The number of methoxy groups -OCH3 is 1. The third-order valence-corrected chi connectivity index (χ3v) is 4.26. The van der Waals surface area contributed by atoms with Crippen LogP contribution in [0.5, 0.6) is 5.75 Å². The van der Waals surface area contributed by atoms with Gasteiger partial charge in [-0.05, 0) is 56.0 Å². The van der Waals surface area contributed by atoms with Crippen molar-refractivity contribution in [2.45, 2.75) is 51.0 Å². The van der Waals surface area contributed by atoms with E-state index < -0.39 is 0 Å². The van der Waals surface area contributed by atoms with E-state index in [1.54, 1.807) is 7.11 Å². The second-order valence-electron chi connectivity index (χ2n) is 5.36. The van der Waals surface area contributed by atoms with E-state index in [4.69, 9.17) is 4.74 Å². The lowest BCUT2D eigenvalue weighted by atomic mass is 9.85. The maximum Gasteiger partial charge on any atom is 0.119 e. The Morgan fingerprint density at radius 1 is 1.17 bits per heavy atom. The van der Waals surface area contributed by atoms with Gasteiger partial charge in [0.05, 0.1) is 7.11 Å². The highest BCUT2D eigenvalue weighted by Gasteiger charge is 2.24. The molecule has 2 unspecified atom stereocenters. The van der Waals surface area contributed by atoms with Crippen molar-refractivity contribution in [2.24, 2.45) is 0 Å². The molecule has 0 bridgehead atoms. The molecule has 2 rings (SSSR count). The molecule has 1 N–H and O–H groups in total. The number of aryl methyl sites for hydroxylation is 1. The molecule has 1 saturated carbocycles. The van der Waals surface area contributed by atoms with E-state index in [0.717, 1.165) is 5.75 Å². The zero-order chi connectivity index (χ0) is 13.0. The van der Waals surface area contributed by atoms with Crippen LogP contribution in [0, 0.1) is 6.92 Å². The fraction of sp³-hybridized carbons (Fsp3) is 0.625. The molecule has 1 aromatic rings. The number of hydrogen-bond acceptors (Lipinski definition) is 2. The van der Waals surface area contributed by atoms with Gasteiger partial charge in [0, 0.05) is 6.04 Å². The second kappa shape index (κ2) is 6.24. The Morgan fingerprint density at radius 3 is 2.61 bits per heavy atom. The number of likely N-dealkylation sites (N-methyl/N-ethyl adjacent to an activating group) is 1. The molecule has 0 radical (unpaired) electrons. The Labute approximate surface area is 111 Å². The van der Waals surface area contributed by atoms with Crippen molar-refractivity contribution in [3.05, 3.63) is 29.3 Å². The SMILES string of the molecule is CNC1CCCCCC1c1ccc(OC)cc1C. The predicted molar refractivity (Wildman–Crippen MR) is 76.4 cm³/mol. The minimum atomic E-state index is 0.625. The van der Waals surface area contributed by atoms with Crippen LogP contribution in [0.15, 0.2) is 18.2 Å². The average molecular weight is 247 g/mol. The van der Waals surface area contributed by atoms with Crippen LogP contribution in [0.25, 0.3) is 0 Å². The summed E-state index contributed by atoms with van der Waals surface area (Å²) in [6.45, 7) is 2.20. The van der Waals surface area contributed by atoms with Gasteiger partial charge < -0.3 is 10.1 Å². The summed E-state index contributed by atoms with van der Waals surface area (Å²) in [4.78, 5) is 0. The van der Waals surface area contributed by atoms with Crippen LogP contribution >= 0.6 is 0 Å². The molecule has 100 valence electrons. The van der Waals surface area contributed by atoms with E-state index in [-0.39, 0.29) is 0 Å². The topological polar surface area (TPSA) is 21.3 Å². The Bertz CT molecular complexity index is 389. The van der Waals surface area contributed by atoms with Crippen LogP contribution in [0.3, 0.4) is 0 Å². The minimum Gasteiger partial charge on any atom is -0.497 e. The summed E-state index contributed by atoms with van der Waals surface area (Å²) < 4.78 is 5.30. The van der Waals surface area contributed by atoms with Crippen LogP contribution in [0.4, 0.5) is 0 Å². The van der Waals surface area contributed by atoms with Gasteiger partial charge in [0.2, 0.25) is 0 Å². The van der Waals surface area contributed by atoms with Crippen molar-refractivity contribution in [3.8, 4) is 5.75 Å². The van der Waals surface area contributed by atoms with Crippen LogP contribution in [-0.2, 0) is 0 Å². The molecular weight excluding hydrogens is 222 g/mol. The maximum atomic E-state index is 5.30. The lowest BCUT2D eigenvalue weighted by Crippen LogP contribution is -2.31. The van der Waals surface area contributed by atoms with E-state index >= 15 is 0 Å². The fourth-order valence-corrected chi connectivity index (χ4v) is 3.22. The largest absolute Gasteiger partial charge is 0.497 e. The molecule has 2 atom stereocenters. The monoisotopic (exact) mass is 247 g/mol. The molecule has 1 aromatic carbocycles. The highest BCUT2D eigenvalue weighted by atomic mass is 16.5. The summed E-state index contributed by atoms with van der Waals surface area (Å²) in [6.07, 6.45) is 6.70. The summed E-state index contributed by atoms with van der Waals surface area (Å²) in [5.41, 5.74) is 2.86. The summed E-state index contributed by atoms with van der Waals surface area (Å²) in [6, 6.07) is 7.14. The van der Waals surface area contributed by atoms with Gasteiger partial charge in [-0.25, -0.2) is 0 Å². The van der Waals surface area contributed by atoms with Crippen molar-refractivity contribution >= 4 is 0 Å². The standard InChI is InChI=1S/C16H25NO/c1-12-11-13(18-3)9-10-14(12)15-7-5-4-6-8-16(15)17-2/h9-11,15-17H,4-8H2,1-3H3. The molecule has 2 heteroatoms. The molecule has 0 saturated heterocycles. The number of rotatable bonds is 3. The average Bonchev–Trinajstić information content (AvgIpc) is 2.63. The van der Waals surface area contributed by atoms with E-state index in [2.05, 4.69) is 37.5 Å². The van der Waals surface area contributed by atoms with E-state index in [1.165, 1.54) is 43.2 Å². The van der Waals surface area contributed by atoms with Crippen LogP contribution < -0.4 is 10.1 Å². The van der Waals surface area contributed by atoms with Crippen molar-refractivity contribution in [2.75, 3.05) is 14.2 Å². The number of hydrogen-bond donors (Lipinski definition) is 1. The van der Waals surface area contributed by atoms with Gasteiger partial charge in [0.25, 0.3) is 0 Å². The van der Waals surface area contributed by atoms with Gasteiger partial charge in [-0.2, -0.15) is 0 Å². The quantitative estimate of drug-likeness (QED) is 0.823. The van der Waals surface area contributed by atoms with E-state index in [0.29, 0.717) is 12.0 Å². The molecule has 1 fully saturated rings. The van der Waals surface area contributed by atoms with Crippen LogP contribution in [0.2, 0.25) is 0 Å². The molecule has 0 aromatic heterocycles. The molecule has 18 heavy (non-hydrogen) atoms. The first-order valence-electron chi connectivity index (χ1n) is 7.08. The Kier molecular flexibility index (Phi) is 4.65. The first kappa shape index (κ1) is 13.4. The molecule has 0 aliphatic heterocycles. The van der Waals surface area contributed by atoms with E-state index in [9.17, 15) is 0 Å². The normalized spacial score (nSPS) is 24.6. The van der Waals surface area contributed by atoms with Gasteiger partial charge in [0.1, 0.15) is 5.75 Å². The summed E-state index contributed by atoms with van der Waals surface area (Å²) >= 11 is 0. The van der Waals surface area contributed by atoms with Gasteiger partial charge >= 0.3 is 0 Å². The minimum absolute atomic E-state index is 0.625. The number of benzene rings is 1. The zero-order valence-electron chi connectivity index (χ0n) is 11.8. The van der Waals surface area contributed by atoms with Crippen molar-refractivity contribution in [1.29, 1.82) is 0 Å². The van der Waals surface area contributed by atoms with Crippen LogP contribution in [-0.4, -0.2) is 20.2 Å². The highest BCUT2D eigenvalue weighted by molar-refractivity contribution is 5.37. The lowest BCUT2D eigenvalue weighted by Gasteiger charge is -2.26. The zero-order valence-corrected chi connectivity index (χ0v) is 11.8. The van der Waals surface area contributed by atoms with Gasteiger partial charge in [-0.3, -0.25) is 0 Å². The number of nitrogens with one attached hydrogen (secondary N) is 1. The van der Waals surface area contributed by atoms with Crippen molar-refractivity contribution < 1.29 is 4.74 Å². The lowest BCUT2D eigenvalue weighted by molar-refractivity contribution is 0.412. The van der Waals surface area contributed by atoms with Crippen LogP contribution in [0.1, 0.15) is 49.1 Å². The fourth-order valence-electron chi connectivity index (χ4n) is 3.22. The summed E-state index contributed by atoms with van der Waals surface area (Å²) in [5, 5.41) is 3.52. The Morgan fingerprint density at radius 2 is 1.94 bits per heavy atom. The van der Waals surface area contributed by atoms with Crippen molar-refractivity contribution in [1.82, 2.24) is 5.32 Å². The molecule has 0 spiro atoms. The highest BCUT2D eigenvalue weighted by Crippen LogP contribution is 2.34. The molecular formula is C16H25NO. The first-order valence-corrected chi connectivity index (χ1v) is 7.08. The Hall–Kier alpha value is -1.02. The van der Waals surface area contributed by atoms with Crippen molar-refractivity contribution in [3.63, 3.8) is 0 Å². The molecule has 2 nitrogen and oxygen atoms in total. The molecule has 0 amide bonds. The maximum absolute atomic E-state index is 5.30. The summed E-state index contributed by atoms with van der Waals surface area (Å²) in [7, 11) is 3.83. The molecule has 1 aliphatic carbocycles. The van der Waals surface area contributed by atoms with Gasteiger partial charge in [0.15, 0.2) is 0 Å². The Balaban J connectivity index is 2.27. The number of ether oxygens (including phenoxy) is 1. The van der Waals surface area contributed by atoms with Gasteiger partial charge in [-0.1, -0.05) is 25.3 Å².